The summed E-state index contributed by atoms with van der Waals surface area (Å²) < 4.78 is 6.47. The molecule has 3 aromatic rings. The molecule has 10 heteroatoms. The molecular weight excluding hydrogens is 581 g/mol. The predicted molar refractivity (Wildman–Crippen MR) is 154 cm³/mol. The number of hydrogen-bond acceptors (Lipinski definition) is 9. The molecule has 0 aliphatic carbocycles. The van der Waals surface area contributed by atoms with Crippen LogP contribution in [0.1, 0.15) is 54.4 Å². The monoisotopic (exact) mass is 611 g/mol. The summed E-state index contributed by atoms with van der Waals surface area (Å²) >= 11 is 2.17. The Morgan fingerprint density at radius 1 is 0.865 bits per heavy atom. The Labute approximate surface area is 230 Å². The number of halogens is 1. The molecule has 0 amide bonds. The number of nitrogens with zero attached hydrogens (tertiary/aromatic N) is 6. The first-order valence-corrected chi connectivity index (χ1v) is 13.8. The Morgan fingerprint density at radius 3 is 2.08 bits per heavy atom. The van der Waals surface area contributed by atoms with Crippen LogP contribution in [0.4, 0.5) is 17.8 Å². The van der Waals surface area contributed by atoms with Gasteiger partial charge in [-0.15, -0.1) is 0 Å². The summed E-state index contributed by atoms with van der Waals surface area (Å²) in [5.41, 5.74) is 4.36. The highest BCUT2D eigenvalue weighted by Gasteiger charge is 2.20. The summed E-state index contributed by atoms with van der Waals surface area (Å²) in [6.07, 6.45) is 8.81. The molecule has 2 aromatic carbocycles. The van der Waals surface area contributed by atoms with Crippen LogP contribution >= 0.6 is 22.6 Å². The van der Waals surface area contributed by atoms with E-state index in [0.29, 0.717) is 29.2 Å². The summed E-state index contributed by atoms with van der Waals surface area (Å²) in [5.74, 6) is 1.96. The second-order valence-corrected chi connectivity index (χ2v) is 10.4. The molecule has 3 heterocycles. The molecule has 2 aliphatic rings. The van der Waals surface area contributed by atoms with Crippen LogP contribution in [0.15, 0.2) is 53.6 Å². The normalized spacial score (nSPS) is 16.1. The van der Waals surface area contributed by atoms with Gasteiger partial charge in [0.25, 0.3) is 0 Å². The lowest BCUT2D eigenvalue weighted by Crippen LogP contribution is -2.34. The number of esters is 1. The number of nitrogens with one attached hydrogen (secondary N) is 1. The highest BCUT2D eigenvalue weighted by atomic mass is 127. The summed E-state index contributed by atoms with van der Waals surface area (Å²) in [5, 5.41) is 4.36. The zero-order chi connectivity index (χ0) is 25.5. The van der Waals surface area contributed by atoms with Gasteiger partial charge < -0.3 is 14.5 Å². The zero-order valence-electron chi connectivity index (χ0n) is 20.6. The van der Waals surface area contributed by atoms with Crippen molar-refractivity contribution in [3.8, 4) is 5.75 Å². The Morgan fingerprint density at radius 2 is 1.49 bits per heavy atom. The Hall–Kier alpha value is -3.28. The third-order valence-corrected chi connectivity index (χ3v) is 7.09. The average Bonchev–Trinajstić information content (AvgIpc) is 2.95. The molecule has 0 bridgehead atoms. The molecular formula is C27H30IN7O2. The summed E-state index contributed by atoms with van der Waals surface area (Å²) in [6.45, 7) is 3.86. The van der Waals surface area contributed by atoms with E-state index in [9.17, 15) is 4.79 Å². The smallest absolute Gasteiger partial charge is 0.343 e. The standard InChI is InChI=1S/C27H30IN7O2/c28-22-9-7-8-21(18-22)24(36)37-23-12-10-20(11-13-23)19-29-33-25-30-26(34-14-3-1-4-15-34)32-27(31-25)35-16-5-2-6-17-35/h7-13,18-19H,1-6,14-17H2,(H,30,31,32,33)/b29-19+. The zero-order valence-corrected chi connectivity index (χ0v) is 22.8. The maximum atomic E-state index is 12.4. The van der Waals surface area contributed by atoms with E-state index >= 15 is 0 Å². The van der Waals surface area contributed by atoms with Crippen LogP contribution in [-0.4, -0.2) is 53.3 Å². The van der Waals surface area contributed by atoms with Crippen LogP contribution < -0.4 is 20.0 Å². The Balaban J connectivity index is 1.25. The third kappa shape index (κ3) is 6.94. The van der Waals surface area contributed by atoms with E-state index in [1.807, 2.05) is 24.3 Å². The van der Waals surface area contributed by atoms with E-state index in [4.69, 9.17) is 9.72 Å². The van der Waals surface area contributed by atoms with Crippen LogP contribution in [-0.2, 0) is 0 Å². The maximum Gasteiger partial charge on any atom is 0.343 e. The number of aromatic nitrogens is 3. The largest absolute Gasteiger partial charge is 0.423 e. The third-order valence-electron chi connectivity index (χ3n) is 6.42. The van der Waals surface area contributed by atoms with Crippen molar-refractivity contribution in [3.63, 3.8) is 0 Å². The van der Waals surface area contributed by atoms with Gasteiger partial charge in [0.05, 0.1) is 11.8 Å². The van der Waals surface area contributed by atoms with Crippen LogP contribution in [0.2, 0.25) is 0 Å². The van der Waals surface area contributed by atoms with Crippen molar-refractivity contribution < 1.29 is 9.53 Å². The fourth-order valence-electron chi connectivity index (χ4n) is 4.44. The SMILES string of the molecule is O=C(Oc1ccc(/C=N/Nc2nc(N3CCCCC3)nc(N3CCCCC3)n2)cc1)c1cccc(I)c1. The fourth-order valence-corrected chi connectivity index (χ4v) is 4.99. The van der Waals surface area contributed by atoms with Crippen LogP contribution in [0.25, 0.3) is 0 Å². The Kier molecular flexibility index (Phi) is 8.44. The molecule has 0 unspecified atom stereocenters. The van der Waals surface area contributed by atoms with E-state index in [1.165, 1.54) is 12.8 Å². The summed E-state index contributed by atoms with van der Waals surface area (Å²) in [4.78, 5) is 31.0. The molecule has 192 valence electrons. The molecule has 0 radical (unpaired) electrons. The van der Waals surface area contributed by atoms with Crippen molar-refractivity contribution in [2.45, 2.75) is 38.5 Å². The van der Waals surface area contributed by atoms with Crippen molar-refractivity contribution in [1.82, 2.24) is 15.0 Å². The second kappa shape index (κ2) is 12.3. The topological polar surface area (TPSA) is 95.8 Å². The van der Waals surface area contributed by atoms with Crippen molar-refractivity contribution in [2.75, 3.05) is 41.4 Å². The van der Waals surface area contributed by atoms with Gasteiger partial charge in [0.1, 0.15) is 5.75 Å². The number of piperidine rings is 2. The predicted octanol–water partition coefficient (Wildman–Crippen LogP) is 5.12. The number of anilines is 3. The summed E-state index contributed by atoms with van der Waals surface area (Å²) in [6, 6.07) is 14.5. The molecule has 37 heavy (non-hydrogen) atoms. The first-order valence-electron chi connectivity index (χ1n) is 12.8. The quantitative estimate of drug-likeness (QED) is 0.129. The van der Waals surface area contributed by atoms with Gasteiger partial charge in [0.15, 0.2) is 0 Å². The lowest BCUT2D eigenvalue weighted by Gasteiger charge is -2.30. The first-order chi connectivity index (χ1) is 18.1. The molecule has 2 fully saturated rings. The highest BCUT2D eigenvalue weighted by Crippen LogP contribution is 2.22. The van der Waals surface area contributed by atoms with E-state index in [-0.39, 0.29) is 5.97 Å². The molecule has 2 aliphatic heterocycles. The van der Waals surface area contributed by atoms with Gasteiger partial charge in [-0.05, 0) is 109 Å². The van der Waals surface area contributed by atoms with Gasteiger partial charge in [-0.2, -0.15) is 20.1 Å². The van der Waals surface area contributed by atoms with Crippen molar-refractivity contribution in [2.24, 2.45) is 5.10 Å². The van der Waals surface area contributed by atoms with E-state index in [0.717, 1.165) is 61.0 Å². The lowest BCUT2D eigenvalue weighted by molar-refractivity contribution is 0.0734. The Bertz CT molecular complexity index is 1200. The molecule has 1 aromatic heterocycles. The second-order valence-electron chi connectivity index (χ2n) is 9.19. The molecule has 0 atom stereocenters. The van der Waals surface area contributed by atoms with Crippen molar-refractivity contribution in [1.29, 1.82) is 0 Å². The molecule has 2 saturated heterocycles. The minimum Gasteiger partial charge on any atom is -0.423 e. The van der Waals surface area contributed by atoms with Crippen LogP contribution in [0.3, 0.4) is 0 Å². The fraction of sp³-hybridized carbons (Fsp3) is 0.370. The number of carbonyl (C=O) groups excluding carboxylic acids is 1. The van der Waals surface area contributed by atoms with E-state index in [1.54, 1.807) is 30.5 Å². The van der Waals surface area contributed by atoms with Gasteiger partial charge in [-0.3, -0.25) is 0 Å². The number of rotatable bonds is 7. The van der Waals surface area contributed by atoms with Gasteiger partial charge in [0.2, 0.25) is 17.8 Å². The van der Waals surface area contributed by atoms with Crippen LogP contribution in [0.5, 0.6) is 5.75 Å². The highest BCUT2D eigenvalue weighted by molar-refractivity contribution is 14.1. The summed E-state index contributed by atoms with van der Waals surface area (Å²) in [7, 11) is 0. The molecule has 0 spiro atoms. The number of hydrogen-bond donors (Lipinski definition) is 1. The van der Waals surface area contributed by atoms with Crippen molar-refractivity contribution >= 4 is 52.6 Å². The average molecular weight is 611 g/mol. The maximum absolute atomic E-state index is 12.4. The van der Waals surface area contributed by atoms with E-state index in [2.05, 4.69) is 52.9 Å². The number of benzene rings is 2. The van der Waals surface area contributed by atoms with Gasteiger partial charge in [-0.1, -0.05) is 6.07 Å². The number of hydrazone groups is 1. The van der Waals surface area contributed by atoms with E-state index < -0.39 is 0 Å². The van der Waals surface area contributed by atoms with Crippen LogP contribution in [0, 0.1) is 3.57 Å². The minimum absolute atomic E-state index is 0.384. The van der Waals surface area contributed by atoms with Gasteiger partial charge in [0, 0.05) is 29.7 Å². The number of carbonyl (C=O) groups is 1. The minimum atomic E-state index is -0.384. The molecule has 0 saturated carbocycles. The molecule has 1 N–H and O–H groups in total. The van der Waals surface area contributed by atoms with Gasteiger partial charge in [-0.25, -0.2) is 10.2 Å². The van der Waals surface area contributed by atoms with Gasteiger partial charge >= 0.3 is 5.97 Å². The first kappa shape index (κ1) is 25.4. The van der Waals surface area contributed by atoms with Crippen molar-refractivity contribution in [3.05, 3.63) is 63.2 Å². The molecule has 9 nitrogen and oxygen atoms in total. The number of ether oxygens (including phenoxy) is 1. The lowest BCUT2D eigenvalue weighted by atomic mass is 10.1. The molecule has 5 rings (SSSR count).